The molecular formula is C14H19BrFNO2. The molecule has 0 fully saturated rings. The van der Waals surface area contributed by atoms with Gasteiger partial charge >= 0.3 is 5.97 Å². The molecule has 0 heterocycles. The highest BCUT2D eigenvalue weighted by molar-refractivity contribution is 9.10. The Balaban J connectivity index is 3.26. The van der Waals surface area contributed by atoms with E-state index in [2.05, 4.69) is 21.2 Å². The van der Waals surface area contributed by atoms with E-state index in [-0.39, 0.29) is 11.9 Å². The van der Waals surface area contributed by atoms with Gasteiger partial charge in [-0.1, -0.05) is 28.9 Å². The first kappa shape index (κ1) is 16.1. The van der Waals surface area contributed by atoms with Crippen molar-refractivity contribution in [1.82, 2.24) is 5.32 Å². The number of nitrogens with one attached hydrogen (secondary N) is 1. The second-order valence-corrected chi connectivity index (χ2v) is 5.55. The zero-order valence-corrected chi connectivity index (χ0v) is 13.2. The van der Waals surface area contributed by atoms with E-state index in [0.29, 0.717) is 10.0 Å². The van der Waals surface area contributed by atoms with Gasteiger partial charge in [0.1, 0.15) is 11.4 Å². The van der Waals surface area contributed by atoms with Crippen molar-refractivity contribution in [3.8, 4) is 0 Å². The first-order valence-corrected chi connectivity index (χ1v) is 6.96. The molecular weight excluding hydrogens is 313 g/mol. The number of hydrogen-bond acceptors (Lipinski definition) is 3. The molecule has 5 heteroatoms. The van der Waals surface area contributed by atoms with Crippen molar-refractivity contribution in [3.63, 3.8) is 0 Å². The molecule has 1 aromatic rings. The van der Waals surface area contributed by atoms with E-state index in [1.807, 2.05) is 13.8 Å². The lowest BCUT2D eigenvalue weighted by Crippen LogP contribution is -2.51. The predicted octanol–water partition coefficient (Wildman–Crippen LogP) is 3.36. The van der Waals surface area contributed by atoms with Crippen LogP contribution < -0.4 is 5.32 Å². The van der Waals surface area contributed by atoms with Gasteiger partial charge in [-0.3, -0.25) is 5.32 Å². The van der Waals surface area contributed by atoms with E-state index in [0.717, 1.165) is 6.42 Å². The standard InChI is InChI=1S/C14H19BrFNO2/c1-5-9(2)17-14(3,13(18)19-4)11-7-6-10(16)8-12(11)15/h6-9,17H,5H2,1-4H3. The highest BCUT2D eigenvalue weighted by atomic mass is 79.9. The van der Waals surface area contributed by atoms with Crippen molar-refractivity contribution in [2.24, 2.45) is 0 Å². The largest absolute Gasteiger partial charge is 0.467 e. The summed E-state index contributed by atoms with van der Waals surface area (Å²) in [5.74, 6) is -0.758. The first-order valence-electron chi connectivity index (χ1n) is 6.16. The molecule has 2 unspecified atom stereocenters. The van der Waals surface area contributed by atoms with Gasteiger partial charge in [0, 0.05) is 10.5 Å². The third-order valence-electron chi connectivity index (χ3n) is 3.21. The second kappa shape index (κ2) is 6.48. The molecule has 1 N–H and O–H groups in total. The fourth-order valence-corrected chi connectivity index (χ4v) is 2.69. The minimum Gasteiger partial charge on any atom is -0.467 e. The van der Waals surface area contributed by atoms with Crippen molar-refractivity contribution < 1.29 is 13.9 Å². The van der Waals surface area contributed by atoms with Crippen LogP contribution in [0.4, 0.5) is 4.39 Å². The zero-order valence-electron chi connectivity index (χ0n) is 11.6. The van der Waals surface area contributed by atoms with Crippen LogP contribution in [-0.2, 0) is 15.1 Å². The summed E-state index contributed by atoms with van der Waals surface area (Å²) in [6.45, 7) is 5.75. The van der Waals surface area contributed by atoms with E-state index in [9.17, 15) is 9.18 Å². The van der Waals surface area contributed by atoms with Crippen molar-refractivity contribution in [2.45, 2.75) is 38.8 Å². The zero-order chi connectivity index (χ0) is 14.6. The van der Waals surface area contributed by atoms with Crippen LogP contribution in [0.2, 0.25) is 0 Å². The molecule has 0 aliphatic rings. The minimum absolute atomic E-state index is 0.126. The Morgan fingerprint density at radius 2 is 2.21 bits per heavy atom. The third kappa shape index (κ3) is 3.54. The maximum atomic E-state index is 13.2. The van der Waals surface area contributed by atoms with Crippen molar-refractivity contribution in [2.75, 3.05) is 7.11 Å². The molecule has 0 saturated carbocycles. The number of benzene rings is 1. The summed E-state index contributed by atoms with van der Waals surface area (Å²) in [6, 6.07) is 4.39. The molecule has 0 aromatic heterocycles. The molecule has 2 atom stereocenters. The van der Waals surface area contributed by atoms with Crippen LogP contribution in [0.1, 0.15) is 32.8 Å². The molecule has 0 spiro atoms. The average molecular weight is 332 g/mol. The van der Waals surface area contributed by atoms with E-state index in [4.69, 9.17) is 4.74 Å². The molecule has 0 aliphatic heterocycles. The number of esters is 1. The Bertz CT molecular complexity index is 467. The summed E-state index contributed by atoms with van der Waals surface area (Å²) < 4.78 is 18.6. The summed E-state index contributed by atoms with van der Waals surface area (Å²) in [5.41, 5.74) is -0.363. The van der Waals surface area contributed by atoms with Gasteiger partial charge < -0.3 is 4.74 Å². The van der Waals surface area contributed by atoms with Crippen molar-refractivity contribution >= 4 is 21.9 Å². The van der Waals surface area contributed by atoms with E-state index >= 15 is 0 Å². The molecule has 0 aliphatic carbocycles. The number of hydrogen-bond donors (Lipinski definition) is 1. The number of halogens is 2. The summed E-state index contributed by atoms with van der Waals surface area (Å²) in [6.07, 6.45) is 0.866. The van der Waals surface area contributed by atoms with Gasteiger partial charge in [-0.2, -0.15) is 0 Å². The molecule has 106 valence electrons. The number of rotatable bonds is 5. The van der Waals surface area contributed by atoms with Gasteiger partial charge in [-0.25, -0.2) is 9.18 Å². The van der Waals surface area contributed by atoms with Gasteiger partial charge in [-0.15, -0.1) is 0 Å². The SMILES string of the molecule is CCC(C)NC(C)(C(=O)OC)c1ccc(F)cc1Br. The van der Waals surface area contributed by atoms with Gasteiger partial charge in [-0.05, 0) is 38.0 Å². The average Bonchev–Trinajstić information content (AvgIpc) is 2.37. The molecule has 3 nitrogen and oxygen atoms in total. The fourth-order valence-electron chi connectivity index (χ4n) is 1.94. The van der Waals surface area contributed by atoms with Crippen molar-refractivity contribution in [3.05, 3.63) is 34.1 Å². The van der Waals surface area contributed by atoms with Gasteiger partial charge in [0.15, 0.2) is 0 Å². The van der Waals surface area contributed by atoms with E-state index in [1.165, 1.54) is 19.2 Å². The number of carbonyl (C=O) groups excluding carboxylic acids is 1. The number of methoxy groups -OCH3 is 1. The summed E-state index contributed by atoms with van der Waals surface area (Å²) in [7, 11) is 1.34. The normalized spacial score (nSPS) is 15.7. The lowest BCUT2D eigenvalue weighted by molar-refractivity contribution is -0.148. The second-order valence-electron chi connectivity index (χ2n) is 4.69. The molecule has 1 aromatic carbocycles. The number of carbonyl (C=O) groups is 1. The van der Waals surface area contributed by atoms with Crippen molar-refractivity contribution in [1.29, 1.82) is 0 Å². The molecule has 1 rings (SSSR count). The Hall–Kier alpha value is -0.940. The monoisotopic (exact) mass is 331 g/mol. The van der Waals surface area contributed by atoms with Gasteiger partial charge in [0.05, 0.1) is 7.11 Å². The fraction of sp³-hybridized carbons (Fsp3) is 0.500. The summed E-state index contributed by atoms with van der Waals surface area (Å²) in [5, 5.41) is 3.24. The van der Waals surface area contributed by atoms with Crippen LogP contribution >= 0.6 is 15.9 Å². The van der Waals surface area contributed by atoms with Crippen LogP contribution in [0.5, 0.6) is 0 Å². The lowest BCUT2D eigenvalue weighted by Gasteiger charge is -2.32. The van der Waals surface area contributed by atoms with Crippen LogP contribution in [0.15, 0.2) is 22.7 Å². The smallest absolute Gasteiger partial charge is 0.330 e. The quantitative estimate of drug-likeness (QED) is 0.841. The Labute approximate surface area is 121 Å². The Kier molecular flexibility index (Phi) is 5.50. The van der Waals surface area contributed by atoms with Crippen LogP contribution in [0.25, 0.3) is 0 Å². The van der Waals surface area contributed by atoms with Gasteiger partial charge in [0.25, 0.3) is 0 Å². The van der Waals surface area contributed by atoms with Gasteiger partial charge in [0.2, 0.25) is 0 Å². The van der Waals surface area contributed by atoms with Crippen LogP contribution in [-0.4, -0.2) is 19.1 Å². The summed E-state index contributed by atoms with van der Waals surface area (Å²) >= 11 is 3.30. The summed E-state index contributed by atoms with van der Waals surface area (Å²) in [4.78, 5) is 12.1. The minimum atomic E-state index is -1.02. The highest BCUT2D eigenvalue weighted by Gasteiger charge is 2.38. The predicted molar refractivity (Wildman–Crippen MR) is 76.4 cm³/mol. The molecule has 0 radical (unpaired) electrons. The third-order valence-corrected chi connectivity index (χ3v) is 3.87. The topological polar surface area (TPSA) is 38.3 Å². The Morgan fingerprint density at radius 1 is 1.58 bits per heavy atom. The maximum Gasteiger partial charge on any atom is 0.330 e. The molecule has 0 bridgehead atoms. The van der Waals surface area contributed by atoms with E-state index in [1.54, 1.807) is 13.0 Å². The molecule has 19 heavy (non-hydrogen) atoms. The van der Waals surface area contributed by atoms with Crippen LogP contribution in [0, 0.1) is 5.82 Å². The lowest BCUT2D eigenvalue weighted by atomic mass is 9.90. The number of ether oxygens (including phenoxy) is 1. The first-order chi connectivity index (χ1) is 8.85. The maximum absolute atomic E-state index is 13.2. The highest BCUT2D eigenvalue weighted by Crippen LogP contribution is 2.31. The molecule has 0 amide bonds. The van der Waals surface area contributed by atoms with E-state index < -0.39 is 11.5 Å². The Morgan fingerprint density at radius 3 is 2.68 bits per heavy atom. The molecule has 0 saturated heterocycles. The van der Waals surface area contributed by atoms with Crippen LogP contribution in [0.3, 0.4) is 0 Å².